The third-order valence-electron chi connectivity index (χ3n) is 1.75. The Morgan fingerprint density at radius 2 is 2.14 bits per heavy atom. The minimum atomic E-state index is 0.349. The van der Waals surface area contributed by atoms with Crippen molar-refractivity contribution in [2.75, 3.05) is 0 Å². The molecular weight excluding hydrogens is 88.1 g/mol. The molecule has 1 nitrogen and oxygen atoms in total. The van der Waals surface area contributed by atoms with Gasteiger partial charge in [-0.25, -0.2) is 0 Å². The molecule has 0 saturated heterocycles. The van der Waals surface area contributed by atoms with Crippen LogP contribution in [0.3, 0.4) is 0 Å². The second-order valence-electron chi connectivity index (χ2n) is 2.94. The Morgan fingerprint density at radius 3 is 2.14 bits per heavy atom. The van der Waals surface area contributed by atoms with Gasteiger partial charge in [0.05, 0.1) is 0 Å². The van der Waals surface area contributed by atoms with Crippen molar-refractivity contribution in [3.8, 4) is 0 Å². The summed E-state index contributed by atoms with van der Waals surface area (Å²) < 4.78 is 0. The zero-order chi connectivity index (χ0) is 5.49. The summed E-state index contributed by atoms with van der Waals surface area (Å²) in [5.41, 5.74) is 0.349. The maximum absolute atomic E-state index is 9.98. The molecule has 0 heterocycles. The molecule has 1 aliphatic rings. The van der Waals surface area contributed by atoms with Gasteiger partial charge in [-0.05, 0) is 11.8 Å². The van der Waals surface area contributed by atoms with E-state index in [1.165, 1.54) is 0 Å². The summed E-state index contributed by atoms with van der Waals surface area (Å²) in [6.45, 7) is 4.23. The fourth-order valence-corrected chi connectivity index (χ4v) is 0.740. The molecule has 0 radical (unpaired) electrons. The van der Waals surface area contributed by atoms with Crippen molar-refractivity contribution in [2.24, 2.45) is 11.3 Å². The molecule has 1 atom stereocenters. The van der Waals surface area contributed by atoms with Crippen molar-refractivity contribution in [2.45, 2.75) is 20.3 Å². The fourth-order valence-electron chi connectivity index (χ4n) is 0.740. The first-order chi connectivity index (χ1) is 3.17. The van der Waals surface area contributed by atoms with Crippen LogP contribution in [0.2, 0.25) is 0 Å². The zero-order valence-corrected chi connectivity index (χ0v) is 4.77. The number of rotatable bonds is 1. The van der Waals surface area contributed by atoms with E-state index >= 15 is 0 Å². The third kappa shape index (κ3) is 0.671. The van der Waals surface area contributed by atoms with Crippen molar-refractivity contribution >= 4 is 6.29 Å². The largest absolute Gasteiger partial charge is 0.303 e. The molecule has 0 aromatic heterocycles. The Labute approximate surface area is 43.7 Å². The summed E-state index contributed by atoms with van der Waals surface area (Å²) in [6.07, 6.45) is 2.15. The van der Waals surface area contributed by atoms with Crippen LogP contribution in [0.25, 0.3) is 0 Å². The number of hydrogen-bond acceptors (Lipinski definition) is 1. The van der Waals surface area contributed by atoms with Gasteiger partial charge in [-0.1, -0.05) is 13.8 Å². The molecule has 7 heavy (non-hydrogen) atoms. The maximum atomic E-state index is 9.98. The van der Waals surface area contributed by atoms with Crippen LogP contribution >= 0.6 is 0 Å². The van der Waals surface area contributed by atoms with E-state index in [0.717, 1.165) is 12.7 Å². The van der Waals surface area contributed by atoms with E-state index in [1.807, 2.05) is 0 Å². The minimum absolute atomic E-state index is 0.349. The van der Waals surface area contributed by atoms with Crippen molar-refractivity contribution in [3.05, 3.63) is 0 Å². The lowest BCUT2D eigenvalue weighted by Gasteiger charge is -1.91. The molecule has 0 aliphatic heterocycles. The van der Waals surface area contributed by atoms with Crippen molar-refractivity contribution < 1.29 is 4.79 Å². The fraction of sp³-hybridized carbons (Fsp3) is 0.833. The van der Waals surface area contributed by atoms with E-state index in [2.05, 4.69) is 13.8 Å². The van der Waals surface area contributed by atoms with Crippen LogP contribution in [0, 0.1) is 11.3 Å². The second-order valence-corrected chi connectivity index (χ2v) is 2.94. The van der Waals surface area contributed by atoms with Crippen LogP contribution in [0.5, 0.6) is 0 Å². The topological polar surface area (TPSA) is 17.1 Å². The Hall–Kier alpha value is -0.330. The Kier molecular flexibility index (Phi) is 0.748. The summed E-state index contributed by atoms with van der Waals surface area (Å²) in [7, 11) is 0. The molecule has 1 fully saturated rings. The van der Waals surface area contributed by atoms with Gasteiger partial charge >= 0.3 is 0 Å². The zero-order valence-electron chi connectivity index (χ0n) is 4.77. The standard InChI is InChI=1S/C6H10O/c1-6(2)3-5(6)4-7/h4-5H,3H2,1-2H3/t5-/m0/s1. The Bertz CT molecular complexity index is 94.4. The highest BCUT2D eigenvalue weighted by Crippen LogP contribution is 2.49. The monoisotopic (exact) mass is 98.1 g/mol. The van der Waals surface area contributed by atoms with E-state index in [1.54, 1.807) is 0 Å². The summed E-state index contributed by atoms with van der Waals surface area (Å²) in [6, 6.07) is 0. The molecule has 0 N–H and O–H groups in total. The maximum Gasteiger partial charge on any atom is 0.123 e. The minimum Gasteiger partial charge on any atom is -0.303 e. The summed E-state index contributed by atoms with van der Waals surface area (Å²) in [5, 5.41) is 0. The molecule has 0 unspecified atom stereocenters. The molecule has 0 aromatic rings. The van der Waals surface area contributed by atoms with Crippen molar-refractivity contribution in [3.63, 3.8) is 0 Å². The molecule has 0 amide bonds. The molecule has 40 valence electrons. The van der Waals surface area contributed by atoms with Crippen molar-refractivity contribution in [1.29, 1.82) is 0 Å². The van der Waals surface area contributed by atoms with Gasteiger partial charge in [0.1, 0.15) is 6.29 Å². The van der Waals surface area contributed by atoms with Gasteiger partial charge in [0, 0.05) is 5.92 Å². The van der Waals surface area contributed by atoms with Crippen LogP contribution in [-0.4, -0.2) is 6.29 Å². The van der Waals surface area contributed by atoms with Crippen LogP contribution in [0.1, 0.15) is 20.3 Å². The molecule has 1 rings (SSSR count). The number of carbonyl (C=O) groups excluding carboxylic acids is 1. The molecule has 1 saturated carbocycles. The molecule has 1 heteroatoms. The predicted octanol–water partition coefficient (Wildman–Crippen LogP) is 1.23. The normalized spacial score (nSPS) is 34.9. The third-order valence-corrected chi connectivity index (χ3v) is 1.75. The predicted molar refractivity (Wildman–Crippen MR) is 28.0 cm³/mol. The van der Waals surface area contributed by atoms with E-state index < -0.39 is 0 Å². The SMILES string of the molecule is CC1(C)C[C@H]1C=O. The molecule has 1 aliphatic carbocycles. The lowest BCUT2D eigenvalue weighted by molar-refractivity contribution is -0.109. The van der Waals surface area contributed by atoms with Crippen LogP contribution in [0.4, 0.5) is 0 Å². The van der Waals surface area contributed by atoms with E-state index in [9.17, 15) is 4.79 Å². The first-order valence-corrected chi connectivity index (χ1v) is 2.62. The number of carbonyl (C=O) groups is 1. The molecule has 0 aromatic carbocycles. The van der Waals surface area contributed by atoms with Gasteiger partial charge in [0.2, 0.25) is 0 Å². The lowest BCUT2D eigenvalue weighted by Crippen LogP contribution is -1.88. The first-order valence-electron chi connectivity index (χ1n) is 2.62. The highest BCUT2D eigenvalue weighted by atomic mass is 16.1. The second kappa shape index (κ2) is 1.09. The van der Waals surface area contributed by atoms with Crippen LogP contribution < -0.4 is 0 Å². The number of aldehydes is 1. The lowest BCUT2D eigenvalue weighted by atomic mass is 10.1. The number of hydrogen-bond donors (Lipinski definition) is 0. The molecule has 0 spiro atoms. The highest BCUT2D eigenvalue weighted by Gasteiger charge is 2.45. The van der Waals surface area contributed by atoms with E-state index in [0.29, 0.717) is 11.3 Å². The summed E-state index contributed by atoms with van der Waals surface area (Å²) in [4.78, 5) is 9.98. The smallest absolute Gasteiger partial charge is 0.123 e. The van der Waals surface area contributed by atoms with Gasteiger partial charge < -0.3 is 4.79 Å². The average molecular weight is 98.1 g/mol. The van der Waals surface area contributed by atoms with Gasteiger partial charge in [-0.15, -0.1) is 0 Å². The highest BCUT2D eigenvalue weighted by molar-refractivity contribution is 5.59. The Balaban J connectivity index is 2.44. The Morgan fingerprint density at radius 1 is 1.71 bits per heavy atom. The average Bonchev–Trinajstić information content (AvgIpc) is 2.13. The molecule has 0 bridgehead atoms. The van der Waals surface area contributed by atoms with Gasteiger partial charge in [-0.3, -0.25) is 0 Å². The first kappa shape index (κ1) is 4.82. The van der Waals surface area contributed by atoms with E-state index in [-0.39, 0.29) is 0 Å². The van der Waals surface area contributed by atoms with Gasteiger partial charge in [0.15, 0.2) is 0 Å². The van der Waals surface area contributed by atoms with Gasteiger partial charge in [0.25, 0.3) is 0 Å². The molecular formula is C6H10O. The van der Waals surface area contributed by atoms with Crippen LogP contribution in [0.15, 0.2) is 0 Å². The summed E-state index contributed by atoms with van der Waals surface area (Å²) in [5.74, 6) is 0.368. The van der Waals surface area contributed by atoms with Crippen molar-refractivity contribution in [1.82, 2.24) is 0 Å². The van der Waals surface area contributed by atoms with Crippen LogP contribution in [-0.2, 0) is 4.79 Å². The summed E-state index contributed by atoms with van der Waals surface area (Å²) >= 11 is 0. The van der Waals surface area contributed by atoms with Gasteiger partial charge in [-0.2, -0.15) is 0 Å². The van der Waals surface area contributed by atoms with E-state index in [4.69, 9.17) is 0 Å². The quantitative estimate of drug-likeness (QED) is 0.451.